The lowest BCUT2D eigenvalue weighted by Crippen LogP contribution is -2.19. The molecular formula is C17H19ClINO. The molecule has 4 heteroatoms. The van der Waals surface area contributed by atoms with Crippen LogP contribution in [0.3, 0.4) is 0 Å². The van der Waals surface area contributed by atoms with Crippen LogP contribution in [0.1, 0.15) is 19.4 Å². The van der Waals surface area contributed by atoms with Gasteiger partial charge in [-0.25, -0.2) is 0 Å². The van der Waals surface area contributed by atoms with Gasteiger partial charge in [0, 0.05) is 20.7 Å². The minimum atomic E-state index is 0.604. The zero-order valence-corrected chi connectivity index (χ0v) is 15.1. The first-order valence-corrected chi connectivity index (χ1v) is 8.43. The Morgan fingerprint density at radius 2 is 1.95 bits per heavy atom. The molecule has 0 aliphatic heterocycles. The molecular weight excluding hydrogens is 397 g/mol. The molecule has 0 heterocycles. The number of rotatable bonds is 6. The van der Waals surface area contributed by atoms with Crippen molar-refractivity contribution < 1.29 is 4.74 Å². The van der Waals surface area contributed by atoms with Gasteiger partial charge >= 0.3 is 0 Å². The Morgan fingerprint density at radius 1 is 1.19 bits per heavy atom. The van der Waals surface area contributed by atoms with E-state index in [2.05, 4.69) is 41.8 Å². The predicted molar refractivity (Wildman–Crippen MR) is 97.2 cm³/mol. The van der Waals surface area contributed by atoms with Gasteiger partial charge in [0.05, 0.1) is 0 Å². The summed E-state index contributed by atoms with van der Waals surface area (Å²) in [5.74, 6) is 2.24. The van der Waals surface area contributed by atoms with Gasteiger partial charge in [-0.15, -0.1) is 0 Å². The van der Waals surface area contributed by atoms with Crippen molar-refractivity contribution in [1.29, 1.82) is 0 Å². The van der Waals surface area contributed by atoms with Crippen LogP contribution in [-0.4, -0.2) is 6.54 Å². The molecule has 1 N–H and O–H groups in total. The third-order valence-electron chi connectivity index (χ3n) is 2.95. The highest BCUT2D eigenvalue weighted by Crippen LogP contribution is 2.31. The van der Waals surface area contributed by atoms with Gasteiger partial charge in [0.2, 0.25) is 0 Å². The van der Waals surface area contributed by atoms with E-state index < -0.39 is 0 Å². The topological polar surface area (TPSA) is 21.3 Å². The first kappa shape index (κ1) is 16.6. The fourth-order valence-corrected chi connectivity index (χ4v) is 2.70. The Kier molecular flexibility index (Phi) is 6.33. The van der Waals surface area contributed by atoms with E-state index in [1.165, 1.54) is 0 Å². The lowest BCUT2D eigenvalue weighted by atomic mass is 10.1. The maximum atomic E-state index is 6.32. The number of ether oxygens (including phenoxy) is 1. The number of benzene rings is 2. The van der Waals surface area contributed by atoms with Crippen molar-refractivity contribution in [2.45, 2.75) is 20.4 Å². The SMILES string of the molecule is CC(C)CNCc1c(Cl)cccc1Oc1cccc(I)c1. The van der Waals surface area contributed by atoms with Crippen molar-refractivity contribution >= 4 is 34.2 Å². The minimum Gasteiger partial charge on any atom is -0.457 e. The summed E-state index contributed by atoms with van der Waals surface area (Å²) in [7, 11) is 0. The van der Waals surface area contributed by atoms with Crippen LogP contribution in [0.15, 0.2) is 42.5 Å². The molecule has 0 atom stereocenters. The molecule has 2 nitrogen and oxygen atoms in total. The molecule has 2 rings (SSSR count). The molecule has 0 radical (unpaired) electrons. The third-order valence-corrected chi connectivity index (χ3v) is 3.98. The fourth-order valence-electron chi connectivity index (χ4n) is 1.95. The Labute approximate surface area is 145 Å². The summed E-state index contributed by atoms with van der Waals surface area (Å²) < 4.78 is 7.14. The molecule has 0 aliphatic rings. The van der Waals surface area contributed by atoms with E-state index >= 15 is 0 Å². The minimum absolute atomic E-state index is 0.604. The van der Waals surface area contributed by atoms with E-state index in [-0.39, 0.29) is 0 Å². The van der Waals surface area contributed by atoms with Crippen LogP contribution < -0.4 is 10.1 Å². The Bertz CT molecular complexity index is 601. The summed E-state index contributed by atoms with van der Waals surface area (Å²) in [6, 6.07) is 13.8. The molecule has 0 aromatic heterocycles. The molecule has 2 aromatic rings. The quantitative estimate of drug-likeness (QED) is 0.631. The first-order chi connectivity index (χ1) is 10.1. The molecule has 0 aliphatic carbocycles. The smallest absolute Gasteiger partial charge is 0.133 e. The second-order valence-corrected chi connectivity index (χ2v) is 6.95. The molecule has 0 unspecified atom stereocenters. The Morgan fingerprint density at radius 3 is 2.67 bits per heavy atom. The number of halogens is 2. The average Bonchev–Trinajstić information content (AvgIpc) is 2.41. The monoisotopic (exact) mass is 415 g/mol. The van der Waals surface area contributed by atoms with Gasteiger partial charge in [-0.05, 0) is 65.4 Å². The first-order valence-electron chi connectivity index (χ1n) is 6.98. The second-order valence-electron chi connectivity index (χ2n) is 5.30. The van der Waals surface area contributed by atoms with E-state index in [0.29, 0.717) is 12.5 Å². The van der Waals surface area contributed by atoms with E-state index in [1.807, 2.05) is 42.5 Å². The summed E-state index contributed by atoms with van der Waals surface area (Å²) in [5.41, 5.74) is 0.999. The Balaban J connectivity index is 2.16. The Hall–Kier alpha value is -0.780. The van der Waals surface area contributed by atoms with E-state index in [4.69, 9.17) is 16.3 Å². The van der Waals surface area contributed by atoms with Crippen LogP contribution in [0.2, 0.25) is 5.02 Å². The second kappa shape index (κ2) is 8.01. The third kappa shape index (κ3) is 5.16. The zero-order chi connectivity index (χ0) is 15.2. The standard InChI is InChI=1S/C17H19ClINO/c1-12(2)10-20-11-15-16(18)7-4-8-17(15)21-14-6-3-5-13(19)9-14/h3-9,12,20H,10-11H2,1-2H3. The normalized spacial score (nSPS) is 10.9. The van der Waals surface area contributed by atoms with Crippen LogP contribution in [0.4, 0.5) is 0 Å². The average molecular weight is 416 g/mol. The van der Waals surface area contributed by atoms with Gasteiger partial charge in [0.1, 0.15) is 11.5 Å². The molecule has 2 aromatic carbocycles. The highest BCUT2D eigenvalue weighted by molar-refractivity contribution is 14.1. The van der Waals surface area contributed by atoms with Gasteiger partial charge in [-0.3, -0.25) is 0 Å². The number of hydrogen-bond acceptors (Lipinski definition) is 2. The maximum absolute atomic E-state index is 6.32. The molecule has 0 spiro atoms. The summed E-state index contributed by atoms with van der Waals surface area (Å²) >= 11 is 8.60. The maximum Gasteiger partial charge on any atom is 0.133 e. The van der Waals surface area contributed by atoms with Crippen molar-refractivity contribution in [2.75, 3.05) is 6.54 Å². The van der Waals surface area contributed by atoms with Crippen LogP contribution in [0.25, 0.3) is 0 Å². The van der Waals surface area contributed by atoms with Gasteiger partial charge in [0.15, 0.2) is 0 Å². The van der Waals surface area contributed by atoms with Crippen LogP contribution in [0, 0.1) is 9.49 Å². The van der Waals surface area contributed by atoms with E-state index in [0.717, 1.165) is 32.2 Å². The largest absolute Gasteiger partial charge is 0.457 e. The van der Waals surface area contributed by atoms with Crippen molar-refractivity contribution in [3.05, 3.63) is 56.6 Å². The van der Waals surface area contributed by atoms with Crippen molar-refractivity contribution in [1.82, 2.24) is 5.32 Å². The van der Waals surface area contributed by atoms with Gasteiger partial charge in [0.25, 0.3) is 0 Å². The van der Waals surface area contributed by atoms with Gasteiger partial charge in [-0.2, -0.15) is 0 Å². The van der Waals surface area contributed by atoms with Crippen molar-refractivity contribution in [3.63, 3.8) is 0 Å². The summed E-state index contributed by atoms with van der Waals surface area (Å²) in [4.78, 5) is 0. The van der Waals surface area contributed by atoms with Crippen molar-refractivity contribution in [2.24, 2.45) is 5.92 Å². The van der Waals surface area contributed by atoms with Crippen LogP contribution in [0.5, 0.6) is 11.5 Å². The molecule has 0 bridgehead atoms. The lowest BCUT2D eigenvalue weighted by Gasteiger charge is -2.14. The number of hydrogen-bond donors (Lipinski definition) is 1. The van der Waals surface area contributed by atoms with Crippen molar-refractivity contribution in [3.8, 4) is 11.5 Å². The highest BCUT2D eigenvalue weighted by atomic mass is 127. The molecule has 0 amide bonds. The van der Waals surface area contributed by atoms with Crippen LogP contribution >= 0.6 is 34.2 Å². The van der Waals surface area contributed by atoms with Crippen LogP contribution in [-0.2, 0) is 6.54 Å². The predicted octanol–water partition coefficient (Wildman–Crippen LogP) is 5.48. The molecule has 0 saturated heterocycles. The molecule has 112 valence electrons. The van der Waals surface area contributed by atoms with Gasteiger partial charge in [-0.1, -0.05) is 37.6 Å². The summed E-state index contributed by atoms with van der Waals surface area (Å²) in [5, 5.41) is 4.14. The number of nitrogens with one attached hydrogen (secondary N) is 1. The molecule has 21 heavy (non-hydrogen) atoms. The highest BCUT2D eigenvalue weighted by Gasteiger charge is 2.09. The molecule has 0 saturated carbocycles. The van der Waals surface area contributed by atoms with E-state index in [1.54, 1.807) is 0 Å². The fraction of sp³-hybridized carbons (Fsp3) is 0.294. The summed E-state index contributed by atoms with van der Waals surface area (Å²) in [6.07, 6.45) is 0. The zero-order valence-electron chi connectivity index (χ0n) is 12.2. The van der Waals surface area contributed by atoms with Gasteiger partial charge < -0.3 is 10.1 Å². The molecule has 0 fully saturated rings. The summed E-state index contributed by atoms with van der Waals surface area (Å²) in [6.45, 7) is 6.02. The lowest BCUT2D eigenvalue weighted by molar-refractivity contribution is 0.469. The van der Waals surface area contributed by atoms with E-state index in [9.17, 15) is 0 Å².